The molecule has 1 heterocycles. The van der Waals surface area contributed by atoms with Gasteiger partial charge in [-0.05, 0) is 25.2 Å². The molecule has 2 rings (SSSR count). The number of hydrogen-bond acceptors (Lipinski definition) is 4. The Bertz CT molecular complexity index is 490. The Morgan fingerprint density at radius 1 is 1.43 bits per heavy atom. The van der Waals surface area contributed by atoms with Crippen LogP contribution in [0, 0.1) is 0 Å². The van der Waals surface area contributed by atoms with Crippen molar-refractivity contribution >= 4 is 17.5 Å². The van der Waals surface area contributed by atoms with Crippen molar-refractivity contribution in [2.75, 3.05) is 46.9 Å². The fraction of sp³-hybridized carbons (Fsp3) is 0.533. The van der Waals surface area contributed by atoms with Gasteiger partial charge in [0.25, 0.3) is 0 Å². The van der Waals surface area contributed by atoms with E-state index >= 15 is 0 Å². The number of amides is 1. The van der Waals surface area contributed by atoms with E-state index in [4.69, 9.17) is 16.3 Å². The molecule has 1 aliphatic rings. The SMILES string of the molecule is COc1ccc(Cl)cc1CN(C)CC(=O)N1CCNCC1. The molecule has 5 nitrogen and oxygen atoms in total. The average Bonchev–Trinajstić information content (AvgIpc) is 2.48. The van der Waals surface area contributed by atoms with Crippen LogP contribution in [0.3, 0.4) is 0 Å². The zero-order chi connectivity index (χ0) is 15.2. The molecule has 1 fully saturated rings. The normalized spacial score (nSPS) is 15.3. The Kier molecular flexibility index (Phi) is 5.85. The summed E-state index contributed by atoms with van der Waals surface area (Å²) in [6.07, 6.45) is 0. The number of carbonyl (C=O) groups is 1. The lowest BCUT2D eigenvalue weighted by Gasteiger charge is -2.29. The van der Waals surface area contributed by atoms with Gasteiger partial charge in [0, 0.05) is 43.3 Å². The van der Waals surface area contributed by atoms with Crippen LogP contribution >= 0.6 is 11.6 Å². The Balaban J connectivity index is 1.93. The summed E-state index contributed by atoms with van der Waals surface area (Å²) in [4.78, 5) is 16.1. The van der Waals surface area contributed by atoms with Gasteiger partial charge in [-0.1, -0.05) is 11.6 Å². The highest BCUT2D eigenvalue weighted by atomic mass is 35.5. The predicted molar refractivity (Wildman–Crippen MR) is 83.8 cm³/mol. The predicted octanol–water partition coefficient (Wildman–Crippen LogP) is 1.21. The van der Waals surface area contributed by atoms with Crippen LogP contribution in [-0.4, -0.2) is 62.6 Å². The number of piperazine rings is 1. The van der Waals surface area contributed by atoms with Gasteiger partial charge in [0.1, 0.15) is 5.75 Å². The van der Waals surface area contributed by atoms with Gasteiger partial charge in [-0.2, -0.15) is 0 Å². The van der Waals surface area contributed by atoms with Gasteiger partial charge in [0.05, 0.1) is 13.7 Å². The van der Waals surface area contributed by atoms with Gasteiger partial charge in [-0.25, -0.2) is 0 Å². The summed E-state index contributed by atoms with van der Waals surface area (Å²) >= 11 is 6.03. The van der Waals surface area contributed by atoms with Crippen LogP contribution in [-0.2, 0) is 11.3 Å². The molecule has 1 aliphatic heterocycles. The van der Waals surface area contributed by atoms with E-state index in [0.717, 1.165) is 37.5 Å². The van der Waals surface area contributed by atoms with Gasteiger partial charge >= 0.3 is 0 Å². The highest BCUT2D eigenvalue weighted by molar-refractivity contribution is 6.30. The highest BCUT2D eigenvalue weighted by Gasteiger charge is 2.18. The fourth-order valence-corrected chi connectivity index (χ4v) is 2.66. The van der Waals surface area contributed by atoms with Crippen LogP contribution in [0.25, 0.3) is 0 Å². The number of likely N-dealkylation sites (N-methyl/N-ethyl adjacent to an activating group) is 1. The second-order valence-electron chi connectivity index (χ2n) is 5.26. The molecule has 1 saturated heterocycles. The van der Waals surface area contributed by atoms with E-state index in [0.29, 0.717) is 18.1 Å². The van der Waals surface area contributed by atoms with E-state index in [1.807, 2.05) is 29.0 Å². The number of nitrogens with zero attached hydrogens (tertiary/aromatic N) is 2. The van der Waals surface area contributed by atoms with E-state index in [-0.39, 0.29) is 5.91 Å². The molecule has 1 amide bonds. The van der Waals surface area contributed by atoms with Crippen LogP contribution < -0.4 is 10.1 Å². The minimum Gasteiger partial charge on any atom is -0.496 e. The summed E-state index contributed by atoms with van der Waals surface area (Å²) in [5, 5.41) is 3.92. The first-order valence-corrected chi connectivity index (χ1v) is 7.47. The molecule has 116 valence electrons. The molecule has 0 spiro atoms. The molecule has 1 aromatic carbocycles. The minimum atomic E-state index is 0.167. The molecule has 0 radical (unpaired) electrons. The smallest absolute Gasteiger partial charge is 0.236 e. The summed E-state index contributed by atoms with van der Waals surface area (Å²) < 4.78 is 5.33. The van der Waals surface area contributed by atoms with Gasteiger partial charge < -0.3 is 15.0 Å². The number of nitrogens with one attached hydrogen (secondary N) is 1. The van der Waals surface area contributed by atoms with Crippen LogP contribution in [0.4, 0.5) is 0 Å². The maximum atomic E-state index is 12.2. The molecular formula is C15H22ClN3O2. The van der Waals surface area contributed by atoms with E-state index in [1.165, 1.54) is 0 Å². The van der Waals surface area contributed by atoms with Crippen molar-refractivity contribution in [3.63, 3.8) is 0 Å². The van der Waals surface area contributed by atoms with Crippen molar-refractivity contribution in [2.24, 2.45) is 0 Å². The zero-order valence-corrected chi connectivity index (χ0v) is 13.3. The number of ether oxygens (including phenoxy) is 1. The van der Waals surface area contributed by atoms with E-state index in [1.54, 1.807) is 13.2 Å². The average molecular weight is 312 g/mol. The number of carbonyl (C=O) groups excluding carboxylic acids is 1. The Hall–Kier alpha value is -1.30. The molecule has 21 heavy (non-hydrogen) atoms. The summed E-state index contributed by atoms with van der Waals surface area (Å²) in [5.74, 6) is 0.959. The van der Waals surface area contributed by atoms with Crippen LogP contribution in [0.5, 0.6) is 5.75 Å². The summed E-state index contributed by atoms with van der Waals surface area (Å²) in [5.41, 5.74) is 0.987. The third kappa shape index (κ3) is 4.59. The Labute approximate surface area is 130 Å². The highest BCUT2D eigenvalue weighted by Crippen LogP contribution is 2.23. The zero-order valence-electron chi connectivity index (χ0n) is 12.6. The van der Waals surface area contributed by atoms with Gasteiger partial charge in [0.2, 0.25) is 5.91 Å². The first-order chi connectivity index (χ1) is 10.1. The van der Waals surface area contributed by atoms with Gasteiger partial charge in [0.15, 0.2) is 0 Å². The summed E-state index contributed by atoms with van der Waals surface area (Å²) in [6.45, 7) is 4.34. The molecule has 0 saturated carbocycles. The molecular weight excluding hydrogens is 290 g/mol. The molecule has 0 unspecified atom stereocenters. The lowest BCUT2D eigenvalue weighted by Crippen LogP contribution is -2.49. The van der Waals surface area contributed by atoms with E-state index < -0.39 is 0 Å². The maximum Gasteiger partial charge on any atom is 0.236 e. The number of hydrogen-bond donors (Lipinski definition) is 1. The van der Waals surface area contributed by atoms with Crippen molar-refractivity contribution in [1.29, 1.82) is 0 Å². The van der Waals surface area contributed by atoms with Crippen LogP contribution in [0.1, 0.15) is 5.56 Å². The van der Waals surface area contributed by atoms with Crippen molar-refractivity contribution < 1.29 is 9.53 Å². The Morgan fingerprint density at radius 2 is 2.14 bits per heavy atom. The maximum absolute atomic E-state index is 12.2. The third-order valence-corrected chi connectivity index (χ3v) is 3.79. The quantitative estimate of drug-likeness (QED) is 0.888. The lowest BCUT2D eigenvalue weighted by molar-refractivity contribution is -0.132. The second kappa shape index (κ2) is 7.64. The van der Waals surface area contributed by atoms with Gasteiger partial charge in [-0.15, -0.1) is 0 Å². The van der Waals surface area contributed by atoms with Crippen LogP contribution in [0.2, 0.25) is 5.02 Å². The molecule has 1 aromatic rings. The fourth-order valence-electron chi connectivity index (χ4n) is 2.46. The largest absolute Gasteiger partial charge is 0.496 e. The molecule has 0 aromatic heterocycles. The summed E-state index contributed by atoms with van der Waals surface area (Å²) in [6, 6.07) is 5.53. The molecule has 6 heteroatoms. The number of halogens is 1. The minimum absolute atomic E-state index is 0.167. The molecule has 1 N–H and O–H groups in total. The van der Waals surface area contributed by atoms with Crippen molar-refractivity contribution in [3.05, 3.63) is 28.8 Å². The van der Waals surface area contributed by atoms with Gasteiger partial charge in [-0.3, -0.25) is 9.69 Å². The third-order valence-electron chi connectivity index (χ3n) is 3.56. The van der Waals surface area contributed by atoms with E-state index in [9.17, 15) is 4.79 Å². The number of benzene rings is 1. The molecule has 0 aliphatic carbocycles. The van der Waals surface area contributed by atoms with Crippen molar-refractivity contribution in [1.82, 2.24) is 15.1 Å². The monoisotopic (exact) mass is 311 g/mol. The standard InChI is InChI=1S/C15H22ClN3O2/c1-18(11-15(20)19-7-5-17-6-8-19)10-12-9-13(16)3-4-14(12)21-2/h3-4,9,17H,5-8,10-11H2,1-2H3. The number of methoxy groups -OCH3 is 1. The second-order valence-corrected chi connectivity index (χ2v) is 5.70. The van der Waals surface area contributed by atoms with Crippen LogP contribution in [0.15, 0.2) is 18.2 Å². The first kappa shape index (κ1) is 16.1. The Morgan fingerprint density at radius 3 is 2.81 bits per heavy atom. The van der Waals surface area contributed by atoms with Crippen molar-refractivity contribution in [2.45, 2.75) is 6.54 Å². The first-order valence-electron chi connectivity index (χ1n) is 7.09. The van der Waals surface area contributed by atoms with E-state index in [2.05, 4.69) is 5.32 Å². The topological polar surface area (TPSA) is 44.8 Å². The molecule has 0 bridgehead atoms. The lowest BCUT2D eigenvalue weighted by atomic mass is 10.2. The summed E-state index contributed by atoms with van der Waals surface area (Å²) in [7, 11) is 3.57. The van der Waals surface area contributed by atoms with Crippen molar-refractivity contribution in [3.8, 4) is 5.75 Å². The molecule has 0 atom stereocenters. The number of rotatable bonds is 5.